The molecule has 2 amide bonds. The van der Waals surface area contributed by atoms with Gasteiger partial charge in [-0.1, -0.05) is 17.7 Å². The SMILES string of the molecule is O=C(COc1cccc(N2CCCC2=O)c1)Nc1ccc(Cl)cc1. The number of anilines is 2. The normalized spacial score (nSPS) is 13.9. The molecule has 1 aliphatic rings. The topological polar surface area (TPSA) is 58.6 Å². The van der Waals surface area contributed by atoms with Crippen LogP contribution in [0.5, 0.6) is 5.75 Å². The lowest BCUT2D eigenvalue weighted by Crippen LogP contribution is -2.24. The van der Waals surface area contributed by atoms with E-state index >= 15 is 0 Å². The second-order valence-electron chi connectivity index (χ2n) is 5.49. The summed E-state index contributed by atoms with van der Waals surface area (Å²) in [6.45, 7) is 0.610. The van der Waals surface area contributed by atoms with Crippen molar-refractivity contribution >= 4 is 34.8 Å². The zero-order valence-electron chi connectivity index (χ0n) is 13.0. The van der Waals surface area contributed by atoms with E-state index in [-0.39, 0.29) is 18.4 Å². The first-order valence-electron chi connectivity index (χ1n) is 7.70. The lowest BCUT2D eigenvalue weighted by atomic mass is 10.3. The standard InChI is InChI=1S/C18H17ClN2O3/c19-13-6-8-14(9-7-13)20-17(22)12-24-16-4-1-3-15(11-16)21-10-2-5-18(21)23/h1,3-4,6-9,11H,2,5,10,12H2,(H,20,22). The van der Waals surface area contributed by atoms with Gasteiger partial charge in [0.15, 0.2) is 6.61 Å². The molecule has 0 atom stereocenters. The highest BCUT2D eigenvalue weighted by molar-refractivity contribution is 6.30. The number of nitrogens with one attached hydrogen (secondary N) is 1. The Kier molecular flexibility index (Phi) is 5.01. The van der Waals surface area contributed by atoms with Crippen LogP contribution in [0.25, 0.3) is 0 Å². The zero-order valence-corrected chi connectivity index (χ0v) is 13.8. The van der Waals surface area contributed by atoms with Crippen LogP contribution in [0.2, 0.25) is 5.02 Å². The first-order chi connectivity index (χ1) is 11.6. The Morgan fingerprint density at radius 1 is 1.21 bits per heavy atom. The number of rotatable bonds is 5. The van der Waals surface area contributed by atoms with E-state index in [0.717, 1.165) is 18.7 Å². The van der Waals surface area contributed by atoms with Gasteiger partial charge in [0.2, 0.25) is 5.91 Å². The fraction of sp³-hybridized carbons (Fsp3) is 0.222. The molecule has 0 unspecified atom stereocenters. The molecule has 1 N–H and O–H groups in total. The number of hydrogen-bond donors (Lipinski definition) is 1. The number of amides is 2. The van der Waals surface area contributed by atoms with E-state index < -0.39 is 0 Å². The maximum Gasteiger partial charge on any atom is 0.262 e. The quantitative estimate of drug-likeness (QED) is 0.903. The van der Waals surface area contributed by atoms with Gasteiger partial charge in [0.1, 0.15) is 5.75 Å². The van der Waals surface area contributed by atoms with Gasteiger partial charge >= 0.3 is 0 Å². The molecule has 6 heteroatoms. The molecular weight excluding hydrogens is 328 g/mol. The molecule has 3 rings (SSSR count). The molecule has 0 aromatic heterocycles. The number of ether oxygens (including phenoxy) is 1. The van der Waals surface area contributed by atoms with Crippen molar-refractivity contribution in [1.29, 1.82) is 0 Å². The second-order valence-corrected chi connectivity index (χ2v) is 5.93. The Labute approximate surface area is 145 Å². The summed E-state index contributed by atoms with van der Waals surface area (Å²) in [6, 6.07) is 14.1. The minimum atomic E-state index is -0.264. The van der Waals surface area contributed by atoms with Crippen molar-refractivity contribution in [3.05, 3.63) is 53.6 Å². The Balaban J connectivity index is 1.57. The molecule has 1 aliphatic heterocycles. The Morgan fingerprint density at radius 3 is 2.71 bits per heavy atom. The summed E-state index contributed by atoms with van der Waals surface area (Å²) in [5.41, 5.74) is 1.46. The Hall–Kier alpha value is -2.53. The summed E-state index contributed by atoms with van der Waals surface area (Å²) in [5, 5.41) is 3.34. The van der Waals surface area contributed by atoms with E-state index in [1.807, 2.05) is 12.1 Å². The van der Waals surface area contributed by atoms with Gasteiger partial charge in [-0.15, -0.1) is 0 Å². The lowest BCUT2D eigenvalue weighted by Gasteiger charge is -2.16. The fourth-order valence-corrected chi connectivity index (χ4v) is 2.67. The van der Waals surface area contributed by atoms with Crippen LogP contribution >= 0.6 is 11.6 Å². The lowest BCUT2D eigenvalue weighted by molar-refractivity contribution is -0.118. The highest BCUT2D eigenvalue weighted by Crippen LogP contribution is 2.25. The highest BCUT2D eigenvalue weighted by Gasteiger charge is 2.21. The summed E-state index contributed by atoms with van der Waals surface area (Å²) in [7, 11) is 0. The van der Waals surface area contributed by atoms with Gasteiger partial charge in [0.25, 0.3) is 5.91 Å². The van der Waals surface area contributed by atoms with E-state index in [2.05, 4.69) is 5.32 Å². The molecule has 0 spiro atoms. The molecule has 2 aromatic carbocycles. The van der Waals surface area contributed by atoms with Crippen LogP contribution in [-0.4, -0.2) is 25.0 Å². The molecular formula is C18H17ClN2O3. The third kappa shape index (κ3) is 4.06. The van der Waals surface area contributed by atoms with Crippen molar-refractivity contribution in [2.24, 2.45) is 0 Å². The molecule has 24 heavy (non-hydrogen) atoms. The Morgan fingerprint density at radius 2 is 2.00 bits per heavy atom. The van der Waals surface area contributed by atoms with Gasteiger partial charge in [-0.3, -0.25) is 9.59 Å². The molecule has 1 fully saturated rings. The van der Waals surface area contributed by atoms with Gasteiger partial charge in [-0.25, -0.2) is 0 Å². The van der Waals surface area contributed by atoms with E-state index in [1.54, 1.807) is 41.3 Å². The van der Waals surface area contributed by atoms with Crippen LogP contribution in [0.3, 0.4) is 0 Å². The third-order valence-corrected chi connectivity index (χ3v) is 3.95. The summed E-state index contributed by atoms with van der Waals surface area (Å²) < 4.78 is 5.52. The van der Waals surface area contributed by atoms with Gasteiger partial charge in [-0.05, 0) is 42.8 Å². The van der Waals surface area contributed by atoms with Crippen molar-refractivity contribution in [2.75, 3.05) is 23.4 Å². The first-order valence-corrected chi connectivity index (χ1v) is 8.08. The molecule has 5 nitrogen and oxygen atoms in total. The molecule has 0 aliphatic carbocycles. The van der Waals surface area contributed by atoms with E-state index in [0.29, 0.717) is 22.9 Å². The minimum Gasteiger partial charge on any atom is -0.484 e. The molecule has 1 heterocycles. The van der Waals surface area contributed by atoms with E-state index in [9.17, 15) is 9.59 Å². The average molecular weight is 345 g/mol. The van der Waals surface area contributed by atoms with Crippen LogP contribution in [0.4, 0.5) is 11.4 Å². The maximum absolute atomic E-state index is 11.9. The molecule has 124 valence electrons. The summed E-state index contributed by atoms with van der Waals surface area (Å²) >= 11 is 5.80. The summed E-state index contributed by atoms with van der Waals surface area (Å²) in [4.78, 5) is 25.5. The third-order valence-electron chi connectivity index (χ3n) is 3.70. The number of halogens is 1. The van der Waals surface area contributed by atoms with Gasteiger partial charge in [0.05, 0.1) is 0 Å². The molecule has 0 radical (unpaired) electrons. The summed E-state index contributed by atoms with van der Waals surface area (Å²) in [6.07, 6.45) is 1.45. The number of carbonyl (C=O) groups excluding carboxylic acids is 2. The van der Waals surface area contributed by atoms with Crippen LogP contribution in [0.15, 0.2) is 48.5 Å². The van der Waals surface area contributed by atoms with E-state index in [1.165, 1.54) is 0 Å². The van der Waals surface area contributed by atoms with Crippen molar-refractivity contribution in [3.63, 3.8) is 0 Å². The van der Waals surface area contributed by atoms with Crippen molar-refractivity contribution in [3.8, 4) is 5.75 Å². The largest absolute Gasteiger partial charge is 0.484 e. The molecule has 1 saturated heterocycles. The summed E-state index contributed by atoms with van der Waals surface area (Å²) in [5.74, 6) is 0.408. The van der Waals surface area contributed by atoms with Crippen LogP contribution in [0, 0.1) is 0 Å². The van der Waals surface area contributed by atoms with Gasteiger partial charge in [0, 0.05) is 35.4 Å². The number of benzene rings is 2. The fourth-order valence-electron chi connectivity index (χ4n) is 2.54. The molecule has 2 aromatic rings. The van der Waals surface area contributed by atoms with Crippen molar-refractivity contribution in [2.45, 2.75) is 12.8 Å². The molecule has 0 bridgehead atoms. The van der Waals surface area contributed by atoms with Gasteiger partial charge in [-0.2, -0.15) is 0 Å². The predicted octanol–water partition coefficient (Wildman–Crippen LogP) is 3.48. The Bertz CT molecular complexity index is 746. The highest BCUT2D eigenvalue weighted by atomic mass is 35.5. The average Bonchev–Trinajstić information content (AvgIpc) is 3.01. The maximum atomic E-state index is 11.9. The van der Waals surface area contributed by atoms with Crippen molar-refractivity contribution < 1.29 is 14.3 Å². The first kappa shape index (κ1) is 16.3. The second kappa shape index (κ2) is 7.36. The minimum absolute atomic E-state index is 0.111. The van der Waals surface area contributed by atoms with Gasteiger partial charge < -0.3 is 15.0 Å². The van der Waals surface area contributed by atoms with Crippen LogP contribution in [0.1, 0.15) is 12.8 Å². The zero-order chi connectivity index (χ0) is 16.9. The van der Waals surface area contributed by atoms with Crippen molar-refractivity contribution in [1.82, 2.24) is 0 Å². The smallest absolute Gasteiger partial charge is 0.262 e. The number of nitrogens with zero attached hydrogens (tertiary/aromatic N) is 1. The number of carbonyl (C=O) groups is 2. The molecule has 0 saturated carbocycles. The van der Waals surface area contributed by atoms with Crippen LogP contribution in [-0.2, 0) is 9.59 Å². The number of hydrogen-bond acceptors (Lipinski definition) is 3. The van der Waals surface area contributed by atoms with Crippen LogP contribution < -0.4 is 15.0 Å². The predicted molar refractivity (Wildman–Crippen MR) is 93.6 cm³/mol. The monoisotopic (exact) mass is 344 g/mol. The van der Waals surface area contributed by atoms with E-state index in [4.69, 9.17) is 16.3 Å².